The van der Waals surface area contributed by atoms with Gasteiger partial charge >= 0.3 is 86.9 Å². The second kappa shape index (κ2) is 10.9. The van der Waals surface area contributed by atoms with Crippen LogP contribution in [0.15, 0.2) is 0 Å². The van der Waals surface area contributed by atoms with E-state index in [0.717, 1.165) is 0 Å². The van der Waals surface area contributed by atoms with Gasteiger partial charge in [0.05, 0.1) is 0 Å². The molecule has 0 aliphatic carbocycles. The van der Waals surface area contributed by atoms with E-state index in [0.29, 0.717) is 0 Å². The summed E-state index contributed by atoms with van der Waals surface area (Å²) in [6, 6.07) is 0. The molecule has 3 nitrogen and oxygen atoms in total. The van der Waals surface area contributed by atoms with Crippen molar-refractivity contribution in [2.45, 2.75) is 0 Å². The fourth-order valence-corrected chi connectivity index (χ4v) is 0. The van der Waals surface area contributed by atoms with Crippen LogP contribution < -0.4 is 80.9 Å². The monoisotopic (exact) mass is 140 g/mol. The quantitative estimate of drug-likeness (QED) is 0.356. The van der Waals surface area contributed by atoms with Gasteiger partial charge in [-0.15, -0.1) is 0 Å². The van der Waals surface area contributed by atoms with Crippen molar-refractivity contribution >= 4 is 5.97 Å². The summed E-state index contributed by atoms with van der Waals surface area (Å²) in [6.07, 6.45) is 0. The first kappa shape index (κ1) is 16.0. The summed E-state index contributed by atoms with van der Waals surface area (Å²) in [5, 5.41) is 15.0. The van der Waals surface area contributed by atoms with E-state index in [1.165, 1.54) is 0 Å². The molecule has 0 spiro atoms. The Labute approximate surface area is 109 Å². The summed E-state index contributed by atoms with van der Waals surface area (Å²) in [4.78, 5) is 9.12. The van der Waals surface area contributed by atoms with Crippen molar-refractivity contribution in [2.75, 3.05) is 6.61 Å². The number of aliphatic carboxylic acids is 1. The third kappa shape index (κ3) is 18.0. The first-order valence-corrected chi connectivity index (χ1v) is 1.10. The molecule has 0 aromatic rings. The van der Waals surface area contributed by atoms with Gasteiger partial charge in [-0.1, -0.05) is 0 Å². The Morgan fingerprint density at radius 3 is 1.86 bits per heavy atom. The number of carboxylic acid groups (broad SMARTS) is 1. The van der Waals surface area contributed by atoms with E-state index < -0.39 is 12.6 Å². The van der Waals surface area contributed by atoms with Crippen molar-refractivity contribution in [1.29, 1.82) is 0 Å². The maximum atomic E-state index is 9.12. The third-order valence-electron chi connectivity index (χ3n) is 0.135. The van der Waals surface area contributed by atoms with E-state index in [1.807, 2.05) is 0 Å². The molecule has 0 saturated carbocycles. The van der Waals surface area contributed by atoms with Crippen LogP contribution in [0.5, 0.6) is 0 Å². The van der Waals surface area contributed by atoms with E-state index in [-0.39, 0.29) is 83.8 Å². The van der Waals surface area contributed by atoms with Crippen LogP contribution in [0.3, 0.4) is 0 Å². The molecule has 2 N–H and O–H groups in total. The summed E-state index contributed by atoms with van der Waals surface area (Å²) in [5.41, 5.74) is 0. The summed E-state index contributed by atoms with van der Waals surface area (Å²) >= 11 is 0. The zero-order valence-corrected chi connectivity index (χ0v) is 9.63. The van der Waals surface area contributed by atoms with Gasteiger partial charge in [-0.25, -0.2) is 4.79 Å². The number of carbonyl (C=O) groups is 1. The number of aliphatic hydroxyl groups excluding tert-OH is 1. The molecule has 7 heavy (non-hydrogen) atoms. The number of rotatable bonds is 1. The predicted octanol–water partition coefficient (Wildman–Crippen LogP) is -6.70. The molecule has 0 saturated heterocycles. The van der Waals surface area contributed by atoms with E-state index in [4.69, 9.17) is 15.0 Å². The van der Waals surface area contributed by atoms with Gasteiger partial charge in [0.15, 0.2) is 0 Å². The number of hydrogen-bond acceptors (Lipinski definition) is 2. The molecular weight excluding hydrogens is 134 g/mol. The van der Waals surface area contributed by atoms with Crippen molar-refractivity contribution in [3.8, 4) is 0 Å². The zero-order chi connectivity index (χ0) is 4.28. The van der Waals surface area contributed by atoms with Crippen molar-refractivity contribution < 1.29 is 98.8 Å². The second-order valence-electron chi connectivity index (χ2n) is 0.552. The maximum Gasteiger partial charge on any atom is 1.00 e. The second-order valence-corrected chi connectivity index (χ2v) is 0.552. The standard InChI is InChI=1S/C2H4O3.K.Na.2H/c3-1-2(4)5;;;;/h3H,1H2,(H,4,5);;;;/q;2*+1;2*-1. The van der Waals surface area contributed by atoms with Crippen LogP contribution >= 0.6 is 0 Å². The molecule has 34 valence electrons. The van der Waals surface area contributed by atoms with Gasteiger partial charge in [0, 0.05) is 0 Å². The summed E-state index contributed by atoms with van der Waals surface area (Å²) < 4.78 is 0. The van der Waals surface area contributed by atoms with Gasteiger partial charge < -0.3 is 13.1 Å². The van der Waals surface area contributed by atoms with Gasteiger partial charge in [0.1, 0.15) is 6.61 Å². The van der Waals surface area contributed by atoms with Gasteiger partial charge in [0.2, 0.25) is 0 Å². The van der Waals surface area contributed by atoms with Crippen LogP contribution in [0.2, 0.25) is 0 Å². The topological polar surface area (TPSA) is 57.5 Å². The Morgan fingerprint density at radius 2 is 1.86 bits per heavy atom. The number of hydrogen-bond donors (Lipinski definition) is 2. The molecule has 0 radical (unpaired) electrons. The smallest absolute Gasteiger partial charge is 1.00 e. The predicted molar refractivity (Wildman–Crippen MR) is 16.9 cm³/mol. The van der Waals surface area contributed by atoms with Gasteiger partial charge in [-0.3, -0.25) is 0 Å². The number of aliphatic hydroxyl groups is 1. The van der Waals surface area contributed by atoms with E-state index in [2.05, 4.69) is 0 Å². The van der Waals surface area contributed by atoms with Gasteiger partial charge in [-0.05, 0) is 0 Å². The van der Waals surface area contributed by atoms with E-state index in [1.54, 1.807) is 0 Å². The average molecular weight is 140 g/mol. The normalized spacial score (nSPS) is 5.29. The Kier molecular flexibility index (Phi) is 25.1. The Bertz CT molecular complexity index is 55.1. The minimum absolute atomic E-state index is 0. The molecule has 0 unspecified atom stereocenters. The van der Waals surface area contributed by atoms with Crippen molar-refractivity contribution in [3.63, 3.8) is 0 Å². The summed E-state index contributed by atoms with van der Waals surface area (Å²) in [5.74, 6) is -1.19. The molecular formula is C2H6KNaO3. The minimum atomic E-state index is -1.19. The molecule has 0 aromatic heterocycles. The summed E-state index contributed by atoms with van der Waals surface area (Å²) in [7, 11) is 0. The molecule has 0 aromatic carbocycles. The molecule has 0 heterocycles. The summed E-state index contributed by atoms with van der Waals surface area (Å²) in [6.45, 7) is -0.778. The molecule has 0 amide bonds. The Hall–Kier alpha value is 2.07. The van der Waals surface area contributed by atoms with Crippen LogP contribution in [0.25, 0.3) is 0 Å². The Morgan fingerprint density at radius 1 is 1.71 bits per heavy atom. The fourth-order valence-electron chi connectivity index (χ4n) is 0. The first-order chi connectivity index (χ1) is 2.27. The first-order valence-electron chi connectivity index (χ1n) is 1.10. The van der Waals surface area contributed by atoms with Crippen molar-refractivity contribution in [2.24, 2.45) is 0 Å². The number of carboxylic acids is 1. The maximum absolute atomic E-state index is 9.12. The van der Waals surface area contributed by atoms with Crippen LogP contribution in [-0.4, -0.2) is 22.8 Å². The van der Waals surface area contributed by atoms with Crippen molar-refractivity contribution in [1.82, 2.24) is 0 Å². The minimum Gasteiger partial charge on any atom is -1.00 e. The largest absolute Gasteiger partial charge is 1.00 e. The fraction of sp³-hybridized carbons (Fsp3) is 0.500. The van der Waals surface area contributed by atoms with E-state index >= 15 is 0 Å². The van der Waals surface area contributed by atoms with Crippen LogP contribution in [0.1, 0.15) is 2.85 Å². The molecule has 0 aliphatic heterocycles. The van der Waals surface area contributed by atoms with Crippen molar-refractivity contribution in [3.05, 3.63) is 0 Å². The molecule has 0 rings (SSSR count). The molecule has 0 aliphatic rings. The zero-order valence-electron chi connectivity index (χ0n) is 6.51. The van der Waals surface area contributed by atoms with Gasteiger partial charge in [0.25, 0.3) is 0 Å². The molecule has 0 bridgehead atoms. The Balaban J connectivity index is -0.0000000133. The average Bonchev–Trinajstić information content (AvgIpc) is 1.38. The van der Waals surface area contributed by atoms with E-state index in [9.17, 15) is 0 Å². The van der Waals surface area contributed by atoms with Crippen LogP contribution in [0.4, 0.5) is 0 Å². The third-order valence-corrected chi connectivity index (χ3v) is 0.135. The van der Waals surface area contributed by atoms with Crippen LogP contribution in [-0.2, 0) is 4.79 Å². The molecule has 0 atom stereocenters. The van der Waals surface area contributed by atoms with Crippen LogP contribution in [0, 0.1) is 0 Å². The SMILES string of the molecule is O=C(O)CO.[H-].[H-].[K+].[Na+]. The molecule has 5 heteroatoms. The molecule has 0 fully saturated rings. The van der Waals surface area contributed by atoms with Gasteiger partial charge in [-0.2, -0.15) is 0 Å².